The van der Waals surface area contributed by atoms with E-state index in [0.29, 0.717) is 10.7 Å². The minimum Gasteiger partial charge on any atom is -0.322 e. The second-order valence-corrected chi connectivity index (χ2v) is 8.69. The van der Waals surface area contributed by atoms with Gasteiger partial charge in [0, 0.05) is 16.3 Å². The van der Waals surface area contributed by atoms with Gasteiger partial charge in [0.1, 0.15) is 5.82 Å². The summed E-state index contributed by atoms with van der Waals surface area (Å²) in [5.41, 5.74) is 1.57. The van der Waals surface area contributed by atoms with Gasteiger partial charge in [-0.05, 0) is 73.2 Å². The maximum atomic E-state index is 13.0. The molecule has 0 atom stereocenters. The smallest absolute Gasteiger partial charge is 0.261 e. The number of carbonyl (C=O) groups is 1. The standard InChI is InChI=1S/C20H15Cl2FN2O3S/c1-12-10-14(21)3-9-18(12)24-20(26)13-2-8-17(22)19(11-13)25-29(27,28)16-6-4-15(23)5-7-16/h2-11,25H,1H3,(H,24,26). The number of amides is 1. The van der Waals surface area contributed by atoms with E-state index in [-0.39, 0.29) is 21.2 Å². The van der Waals surface area contributed by atoms with Crippen molar-refractivity contribution in [2.45, 2.75) is 11.8 Å². The Kier molecular flexibility index (Phi) is 6.12. The molecule has 3 rings (SSSR count). The molecule has 0 radical (unpaired) electrons. The average molecular weight is 453 g/mol. The van der Waals surface area contributed by atoms with Crippen molar-refractivity contribution in [2.75, 3.05) is 10.0 Å². The molecule has 0 aliphatic rings. The summed E-state index contributed by atoms with van der Waals surface area (Å²) in [6, 6.07) is 13.6. The number of hydrogen-bond donors (Lipinski definition) is 2. The second kappa shape index (κ2) is 8.41. The van der Waals surface area contributed by atoms with Crippen LogP contribution in [0.1, 0.15) is 15.9 Å². The minimum absolute atomic E-state index is 0.0245. The molecule has 0 aliphatic carbocycles. The largest absolute Gasteiger partial charge is 0.322 e. The van der Waals surface area contributed by atoms with Crippen LogP contribution in [-0.4, -0.2) is 14.3 Å². The maximum Gasteiger partial charge on any atom is 0.261 e. The van der Waals surface area contributed by atoms with E-state index in [2.05, 4.69) is 10.0 Å². The zero-order valence-electron chi connectivity index (χ0n) is 15.0. The van der Waals surface area contributed by atoms with Gasteiger partial charge in [0.15, 0.2) is 0 Å². The van der Waals surface area contributed by atoms with Crippen molar-refractivity contribution < 1.29 is 17.6 Å². The van der Waals surface area contributed by atoms with Crippen molar-refractivity contribution in [2.24, 2.45) is 0 Å². The predicted octanol–water partition coefficient (Wildman–Crippen LogP) is 5.49. The highest BCUT2D eigenvalue weighted by atomic mass is 35.5. The molecule has 0 spiro atoms. The Hall–Kier alpha value is -2.61. The molecule has 150 valence electrons. The molecule has 5 nitrogen and oxygen atoms in total. The molecule has 29 heavy (non-hydrogen) atoms. The normalized spacial score (nSPS) is 11.2. The summed E-state index contributed by atoms with van der Waals surface area (Å²) in [4.78, 5) is 12.4. The van der Waals surface area contributed by atoms with Gasteiger partial charge < -0.3 is 5.32 Å². The van der Waals surface area contributed by atoms with Gasteiger partial charge in [-0.1, -0.05) is 23.2 Å². The molecule has 0 saturated heterocycles. The van der Waals surface area contributed by atoms with Gasteiger partial charge in [0.05, 0.1) is 15.6 Å². The Labute approximate surface area is 177 Å². The molecule has 3 aromatic carbocycles. The summed E-state index contributed by atoms with van der Waals surface area (Å²) in [6.07, 6.45) is 0. The van der Waals surface area contributed by atoms with Gasteiger partial charge in [-0.2, -0.15) is 0 Å². The number of hydrogen-bond acceptors (Lipinski definition) is 3. The highest BCUT2D eigenvalue weighted by molar-refractivity contribution is 7.92. The van der Waals surface area contributed by atoms with E-state index in [9.17, 15) is 17.6 Å². The van der Waals surface area contributed by atoms with Crippen molar-refractivity contribution in [3.63, 3.8) is 0 Å². The number of benzene rings is 3. The molecule has 0 saturated carbocycles. The number of carbonyl (C=O) groups excluding carboxylic acids is 1. The van der Waals surface area contributed by atoms with Crippen molar-refractivity contribution in [1.29, 1.82) is 0 Å². The van der Waals surface area contributed by atoms with E-state index in [4.69, 9.17) is 23.2 Å². The summed E-state index contributed by atoms with van der Waals surface area (Å²) in [7, 11) is -4.01. The van der Waals surface area contributed by atoms with E-state index >= 15 is 0 Å². The van der Waals surface area contributed by atoms with Crippen molar-refractivity contribution in [3.8, 4) is 0 Å². The third-order valence-electron chi connectivity index (χ3n) is 4.03. The van der Waals surface area contributed by atoms with E-state index < -0.39 is 21.7 Å². The molecule has 0 aromatic heterocycles. The van der Waals surface area contributed by atoms with E-state index in [0.717, 1.165) is 29.8 Å². The summed E-state index contributed by atoms with van der Waals surface area (Å²) < 4.78 is 40.4. The van der Waals surface area contributed by atoms with Gasteiger partial charge >= 0.3 is 0 Å². The summed E-state index contributed by atoms with van der Waals surface area (Å²) in [6.45, 7) is 1.80. The van der Waals surface area contributed by atoms with Crippen LogP contribution in [0.4, 0.5) is 15.8 Å². The first-order valence-corrected chi connectivity index (χ1v) is 10.5. The molecular formula is C20H15Cl2FN2O3S. The molecule has 0 bridgehead atoms. The molecule has 0 aliphatic heterocycles. The van der Waals surface area contributed by atoms with Crippen molar-refractivity contribution in [1.82, 2.24) is 0 Å². The first-order chi connectivity index (χ1) is 13.7. The molecule has 9 heteroatoms. The Balaban J connectivity index is 1.85. The molecule has 1 amide bonds. The number of halogens is 3. The fraction of sp³-hybridized carbons (Fsp3) is 0.0500. The second-order valence-electron chi connectivity index (χ2n) is 6.17. The van der Waals surface area contributed by atoms with Crippen LogP contribution in [-0.2, 0) is 10.0 Å². The van der Waals surface area contributed by atoms with Gasteiger partial charge in [-0.25, -0.2) is 12.8 Å². The number of sulfonamides is 1. The maximum absolute atomic E-state index is 13.0. The lowest BCUT2D eigenvalue weighted by molar-refractivity contribution is 0.102. The molecule has 0 fully saturated rings. The van der Waals surface area contributed by atoms with Crippen LogP contribution in [0.5, 0.6) is 0 Å². The van der Waals surface area contributed by atoms with Gasteiger partial charge in [-0.3, -0.25) is 9.52 Å². The van der Waals surface area contributed by atoms with E-state index in [1.54, 1.807) is 25.1 Å². The number of aryl methyl sites for hydroxylation is 1. The lowest BCUT2D eigenvalue weighted by Crippen LogP contribution is -2.16. The first-order valence-electron chi connectivity index (χ1n) is 8.31. The van der Waals surface area contributed by atoms with Crippen LogP contribution in [0.3, 0.4) is 0 Å². The SMILES string of the molecule is Cc1cc(Cl)ccc1NC(=O)c1ccc(Cl)c(NS(=O)(=O)c2ccc(F)cc2)c1. The third-order valence-corrected chi connectivity index (χ3v) is 5.98. The van der Waals surface area contributed by atoms with E-state index in [1.807, 2.05) is 0 Å². The zero-order chi connectivity index (χ0) is 21.2. The Morgan fingerprint density at radius 3 is 2.28 bits per heavy atom. The molecule has 0 unspecified atom stereocenters. The monoisotopic (exact) mass is 452 g/mol. The fourth-order valence-electron chi connectivity index (χ4n) is 2.52. The first kappa shape index (κ1) is 21.1. The van der Waals surface area contributed by atoms with Crippen LogP contribution >= 0.6 is 23.2 Å². The lowest BCUT2D eigenvalue weighted by atomic mass is 10.1. The summed E-state index contributed by atoms with van der Waals surface area (Å²) in [5.74, 6) is -1.01. The van der Waals surface area contributed by atoms with E-state index in [1.165, 1.54) is 18.2 Å². The van der Waals surface area contributed by atoms with Crippen LogP contribution in [0.25, 0.3) is 0 Å². The topological polar surface area (TPSA) is 75.3 Å². The highest BCUT2D eigenvalue weighted by Crippen LogP contribution is 2.27. The van der Waals surface area contributed by atoms with Gasteiger partial charge in [-0.15, -0.1) is 0 Å². The van der Waals surface area contributed by atoms with Crippen molar-refractivity contribution in [3.05, 3.63) is 87.7 Å². The lowest BCUT2D eigenvalue weighted by Gasteiger charge is -2.12. The minimum atomic E-state index is -4.01. The summed E-state index contributed by atoms with van der Waals surface area (Å²) in [5, 5.41) is 3.39. The van der Waals surface area contributed by atoms with Gasteiger partial charge in [0.25, 0.3) is 15.9 Å². The highest BCUT2D eigenvalue weighted by Gasteiger charge is 2.18. The fourth-order valence-corrected chi connectivity index (χ4v) is 4.04. The third kappa shape index (κ3) is 5.06. The molecule has 3 aromatic rings. The predicted molar refractivity (Wildman–Crippen MR) is 113 cm³/mol. The zero-order valence-corrected chi connectivity index (χ0v) is 17.4. The van der Waals surface area contributed by atoms with Crippen LogP contribution in [0.15, 0.2) is 65.6 Å². The molecule has 0 heterocycles. The molecular weight excluding hydrogens is 438 g/mol. The number of nitrogens with one attached hydrogen (secondary N) is 2. The Morgan fingerprint density at radius 1 is 0.931 bits per heavy atom. The summed E-state index contributed by atoms with van der Waals surface area (Å²) >= 11 is 12.0. The Morgan fingerprint density at radius 2 is 1.62 bits per heavy atom. The number of rotatable bonds is 5. The van der Waals surface area contributed by atoms with Crippen LogP contribution in [0.2, 0.25) is 10.0 Å². The van der Waals surface area contributed by atoms with Gasteiger partial charge in [0.2, 0.25) is 0 Å². The van der Waals surface area contributed by atoms with Crippen molar-refractivity contribution >= 4 is 50.5 Å². The van der Waals surface area contributed by atoms with Crippen LogP contribution in [0, 0.1) is 12.7 Å². The molecule has 2 N–H and O–H groups in total. The quantitative estimate of drug-likeness (QED) is 0.536. The average Bonchev–Trinajstić information content (AvgIpc) is 2.66. The Bertz CT molecular complexity index is 1180. The number of anilines is 2. The van der Waals surface area contributed by atoms with Crippen LogP contribution < -0.4 is 10.0 Å².